The lowest BCUT2D eigenvalue weighted by Gasteiger charge is -2.18. The molecular weight excluding hydrogens is 330 g/mol. The van der Waals surface area contributed by atoms with Gasteiger partial charge in [0.15, 0.2) is 5.76 Å². The fraction of sp³-hybridized carbons (Fsp3) is 0.176. The minimum absolute atomic E-state index is 0.00834. The number of nitrogens with one attached hydrogen (secondary N) is 1. The first kappa shape index (κ1) is 16.1. The molecule has 124 valence electrons. The maximum Gasteiger partial charge on any atom is 0.287 e. The molecule has 6 nitrogen and oxygen atoms in total. The van der Waals surface area contributed by atoms with Crippen LogP contribution in [0.25, 0.3) is 0 Å². The second-order valence-electron chi connectivity index (χ2n) is 5.08. The molecule has 7 heteroatoms. The zero-order valence-electron chi connectivity index (χ0n) is 13.0. The summed E-state index contributed by atoms with van der Waals surface area (Å²) >= 11 is 1.25. The average Bonchev–Trinajstić information content (AvgIpc) is 3.23. The van der Waals surface area contributed by atoms with Crippen molar-refractivity contribution in [2.24, 2.45) is 0 Å². The molecule has 0 saturated heterocycles. The first-order valence-electron chi connectivity index (χ1n) is 7.11. The van der Waals surface area contributed by atoms with Gasteiger partial charge in [-0.1, -0.05) is 6.07 Å². The fourth-order valence-electron chi connectivity index (χ4n) is 2.61. The van der Waals surface area contributed by atoms with Crippen molar-refractivity contribution < 1.29 is 24.2 Å². The van der Waals surface area contributed by atoms with E-state index in [-0.39, 0.29) is 5.57 Å². The molecule has 0 radical (unpaired) electrons. The lowest BCUT2D eigenvalue weighted by molar-refractivity contribution is -0.119. The number of ether oxygens (including phenoxy) is 2. The number of amides is 1. The summed E-state index contributed by atoms with van der Waals surface area (Å²) in [5, 5.41) is 14.5. The lowest BCUT2D eigenvalue weighted by Crippen LogP contribution is -2.24. The predicted octanol–water partition coefficient (Wildman–Crippen LogP) is 2.63. The third-order valence-electron chi connectivity index (χ3n) is 3.77. The van der Waals surface area contributed by atoms with Crippen LogP contribution in [0.4, 0.5) is 0 Å². The van der Waals surface area contributed by atoms with E-state index in [0.29, 0.717) is 21.9 Å². The van der Waals surface area contributed by atoms with Crippen LogP contribution in [0.2, 0.25) is 0 Å². The van der Waals surface area contributed by atoms with Gasteiger partial charge in [-0.3, -0.25) is 9.59 Å². The van der Waals surface area contributed by atoms with Gasteiger partial charge in [-0.05, 0) is 29.6 Å². The van der Waals surface area contributed by atoms with Gasteiger partial charge < -0.3 is 19.9 Å². The van der Waals surface area contributed by atoms with Gasteiger partial charge in [0.05, 0.1) is 30.7 Å². The Balaban J connectivity index is 2.11. The number of rotatable bonds is 5. The summed E-state index contributed by atoms with van der Waals surface area (Å²) in [6.07, 6.45) is 0. The van der Waals surface area contributed by atoms with Crippen LogP contribution >= 0.6 is 11.3 Å². The summed E-state index contributed by atoms with van der Waals surface area (Å²) in [4.78, 5) is 25.1. The zero-order valence-corrected chi connectivity index (χ0v) is 13.8. The van der Waals surface area contributed by atoms with E-state index in [9.17, 15) is 14.7 Å². The van der Waals surface area contributed by atoms with E-state index in [1.54, 1.807) is 35.7 Å². The van der Waals surface area contributed by atoms with Crippen molar-refractivity contribution in [2.45, 2.75) is 6.04 Å². The van der Waals surface area contributed by atoms with Crippen LogP contribution in [-0.4, -0.2) is 31.0 Å². The van der Waals surface area contributed by atoms with Crippen molar-refractivity contribution in [3.8, 4) is 11.5 Å². The van der Waals surface area contributed by atoms with Crippen LogP contribution in [0.1, 0.15) is 21.3 Å². The lowest BCUT2D eigenvalue weighted by atomic mass is 9.95. The average molecular weight is 345 g/mol. The van der Waals surface area contributed by atoms with Crippen molar-refractivity contribution in [3.63, 3.8) is 0 Å². The molecule has 24 heavy (non-hydrogen) atoms. The Morgan fingerprint density at radius 1 is 1.25 bits per heavy atom. The van der Waals surface area contributed by atoms with Crippen LogP contribution in [0.15, 0.2) is 47.0 Å². The number of carbonyl (C=O) groups is 2. The van der Waals surface area contributed by atoms with Crippen molar-refractivity contribution in [3.05, 3.63) is 57.5 Å². The highest BCUT2D eigenvalue weighted by Crippen LogP contribution is 2.38. The minimum Gasteiger partial charge on any atom is -0.503 e. The van der Waals surface area contributed by atoms with Gasteiger partial charge in [0.1, 0.15) is 11.5 Å². The van der Waals surface area contributed by atoms with Gasteiger partial charge in [0.25, 0.3) is 5.91 Å². The molecule has 0 aliphatic carbocycles. The molecule has 2 heterocycles. The van der Waals surface area contributed by atoms with Crippen LogP contribution in [0.3, 0.4) is 0 Å². The standard InChI is InChI=1S/C17H15NO5S/c1-22-9-5-6-11(23-2)10(8-9)14-13(16(20)17(21)18-14)15(19)12-4-3-7-24-12/h3-8,14,20H,1-2H3,(H,18,21). The topological polar surface area (TPSA) is 84.9 Å². The van der Waals surface area contributed by atoms with E-state index >= 15 is 0 Å². The minimum atomic E-state index is -0.808. The number of hydrogen-bond acceptors (Lipinski definition) is 6. The Bertz CT molecular complexity index is 826. The summed E-state index contributed by atoms with van der Waals surface area (Å²) in [5.41, 5.74) is 0.545. The third-order valence-corrected chi connectivity index (χ3v) is 4.64. The molecular formula is C17H15NO5S. The number of hydrogen-bond donors (Lipinski definition) is 2. The van der Waals surface area contributed by atoms with Crippen LogP contribution in [0.5, 0.6) is 11.5 Å². The number of ketones is 1. The summed E-state index contributed by atoms with van der Waals surface area (Å²) in [7, 11) is 3.01. The molecule has 0 saturated carbocycles. The first-order valence-corrected chi connectivity index (χ1v) is 7.99. The number of thiophene rings is 1. The van der Waals surface area contributed by atoms with E-state index in [1.165, 1.54) is 25.6 Å². The third kappa shape index (κ3) is 2.63. The molecule has 1 atom stereocenters. The number of aliphatic hydroxyl groups is 1. The molecule has 1 aliphatic rings. The van der Waals surface area contributed by atoms with Gasteiger partial charge in [-0.2, -0.15) is 0 Å². The Labute approximate surface area is 142 Å². The number of benzene rings is 1. The second-order valence-corrected chi connectivity index (χ2v) is 6.03. The highest BCUT2D eigenvalue weighted by atomic mass is 32.1. The summed E-state index contributed by atoms with van der Waals surface area (Å²) in [6.45, 7) is 0. The summed E-state index contributed by atoms with van der Waals surface area (Å²) in [5.74, 6) is -0.620. The normalized spacial score (nSPS) is 16.9. The predicted molar refractivity (Wildman–Crippen MR) is 88.7 cm³/mol. The zero-order chi connectivity index (χ0) is 17.3. The van der Waals surface area contributed by atoms with Gasteiger partial charge in [0.2, 0.25) is 5.78 Å². The van der Waals surface area contributed by atoms with Gasteiger partial charge >= 0.3 is 0 Å². The SMILES string of the molecule is COc1ccc(OC)c(C2NC(=O)C(O)=C2C(=O)c2cccs2)c1. The Hall–Kier alpha value is -2.80. The molecule has 1 unspecified atom stereocenters. The molecule has 1 aromatic carbocycles. The number of aliphatic hydroxyl groups excluding tert-OH is 1. The van der Waals surface area contributed by atoms with E-state index in [1.807, 2.05) is 0 Å². The van der Waals surface area contributed by atoms with E-state index in [2.05, 4.69) is 5.32 Å². The van der Waals surface area contributed by atoms with Crippen molar-refractivity contribution >= 4 is 23.0 Å². The first-order chi connectivity index (χ1) is 11.6. The maximum absolute atomic E-state index is 12.7. The highest BCUT2D eigenvalue weighted by Gasteiger charge is 2.39. The number of Topliss-reactive ketones (excluding diaryl/α,β-unsaturated/α-hetero) is 1. The van der Waals surface area contributed by atoms with Crippen LogP contribution in [-0.2, 0) is 4.79 Å². The van der Waals surface area contributed by atoms with E-state index < -0.39 is 23.5 Å². The maximum atomic E-state index is 12.7. The van der Waals surface area contributed by atoms with Gasteiger partial charge in [-0.15, -0.1) is 11.3 Å². The Morgan fingerprint density at radius 2 is 2.04 bits per heavy atom. The second kappa shape index (κ2) is 6.37. The Morgan fingerprint density at radius 3 is 2.67 bits per heavy atom. The van der Waals surface area contributed by atoms with Crippen molar-refractivity contribution in [1.29, 1.82) is 0 Å². The summed E-state index contributed by atoms with van der Waals surface area (Å²) in [6, 6.07) is 7.64. The molecule has 2 aromatic rings. The molecule has 1 amide bonds. The molecule has 0 fully saturated rings. The van der Waals surface area contributed by atoms with E-state index in [0.717, 1.165) is 0 Å². The highest BCUT2D eigenvalue weighted by molar-refractivity contribution is 7.12. The molecule has 1 aliphatic heterocycles. The number of carbonyl (C=O) groups excluding carboxylic acids is 2. The fourth-order valence-corrected chi connectivity index (χ4v) is 3.29. The quantitative estimate of drug-likeness (QED) is 0.814. The molecule has 2 N–H and O–H groups in total. The van der Waals surface area contributed by atoms with Crippen molar-refractivity contribution in [1.82, 2.24) is 5.32 Å². The van der Waals surface area contributed by atoms with Crippen LogP contribution < -0.4 is 14.8 Å². The summed E-state index contributed by atoms with van der Waals surface area (Å²) < 4.78 is 10.5. The van der Waals surface area contributed by atoms with Gasteiger partial charge in [0, 0.05) is 5.56 Å². The molecule has 3 rings (SSSR count). The smallest absolute Gasteiger partial charge is 0.287 e. The largest absolute Gasteiger partial charge is 0.503 e. The Kier molecular flexibility index (Phi) is 4.26. The van der Waals surface area contributed by atoms with E-state index in [4.69, 9.17) is 9.47 Å². The molecule has 0 spiro atoms. The van der Waals surface area contributed by atoms with Crippen molar-refractivity contribution in [2.75, 3.05) is 14.2 Å². The molecule has 0 bridgehead atoms. The number of methoxy groups -OCH3 is 2. The monoisotopic (exact) mass is 345 g/mol. The van der Waals surface area contributed by atoms with Gasteiger partial charge in [-0.25, -0.2) is 0 Å². The van der Waals surface area contributed by atoms with Crippen LogP contribution in [0, 0.1) is 0 Å². The molecule has 1 aromatic heterocycles.